The Hall–Kier alpha value is -0.120. The van der Waals surface area contributed by atoms with Crippen molar-refractivity contribution in [2.75, 3.05) is 32.7 Å². The number of rotatable bonds is 2. The molecule has 0 aromatic carbocycles. The van der Waals surface area contributed by atoms with Gasteiger partial charge in [0.25, 0.3) is 0 Å². The van der Waals surface area contributed by atoms with Crippen molar-refractivity contribution in [2.24, 2.45) is 5.73 Å². The summed E-state index contributed by atoms with van der Waals surface area (Å²) in [6.45, 7) is 6.29. The molecule has 0 spiro atoms. The van der Waals surface area contributed by atoms with Crippen LogP contribution in [0.25, 0.3) is 0 Å². The van der Waals surface area contributed by atoms with Crippen LogP contribution < -0.4 is 5.73 Å². The van der Waals surface area contributed by atoms with E-state index in [1.54, 1.807) is 0 Å². The Balaban J connectivity index is 1.55. The van der Waals surface area contributed by atoms with Crippen LogP contribution in [0.15, 0.2) is 0 Å². The molecule has 3 fully saturated rings. The van der Waals surface area contributed by atoms with E-state index in [1.165, 1.54) is 71.1 Å². The first kappa shape index (κ1) is 11.9. The Morgan fingerprint density at radius 1 is 1.00 bits per heavy atom. The van der Waals surface area contributed by atoms with Gasteiger partial charge in [-0.15, -0.1) is 0 Å². The first-order valence-corrected chi connectivity index (χ1v) is 7.51. The van der Waals surface area contributed by atoms with E-state index in [0.29, 0.717) is 0 Å². The molecule has 0 radical (unpaired) electrons. The van der Waals surface area contributed by atoms with Gasteiger partial charge in [0.1, 0.15) is 0 Å². The Bertz CT molecular complexity index is 260. The summed E-state index contributed by atoms with van der Waals surface area (Å²) < 4.78 is 0. The molecule has 1 aliphatic carbocycles. The molecule has 0 aromatic rings. The second kappa shape index (κ2) is 4.87. The van der Waals surface area contributed by atoms with Gasteiger partial charge < -0.3 is 5.73 Å². The number of hydrogen-bond donors (Lipinski definition) is 1. The summed E-state index contributed by atoms with van der Waals surface area (Å²) in [6.07, 6.45) is 9.45. The minimum Gasteiger partial charge on any atom is -0.324 e. The number of piperazine rings is 1. The highest BCUT2D eigenvalue weighted by molar-refractivity contribution is 4.94. The minimum absolute atomic E-state index is 0.150. The summed E-state index contributed by atoms with van der Waals surface area (Å²) in [4.78, 5) is 5.36. The van der Waals surface area contributed by atoms with Crippen LogP contribution in [0.2, 0.25) is 0 Å². The molecule has 0 bridgehead atoms. The van der Waals surface area contributed by atoms with Gasteiger partial charge in [-0.1, -0.05) is 19.3 Å². The number of fused-ring (bicyclic) bond motifs is 1. The molecule has 17 heavy (non-hydrogen) atoms. The number of hydrogen-bond acceptors (Lipinski definition) is 3. The second-order valence-corrected chi connectivity index (χ2v) is 6.49. The number of piperidine rings is 1. The highest BCUT2D eigenvalue weighted by atomic mass is 15.3. The van der Waals surface area contributed by atoms with E-state index in [0.717, 1.165) is 12.6 Å². The lowest BCUT2D eigenvalue weighted by Crippen LogP contribution is -2.58. The third-order valence-corrected chi connectivity index (χ3v) is 5.06. The normalized spacial score (nSPS) is 34.8. The summed E-state index contributed by atoms with van der Waals surface area (Å²) in [6, 6.07) is 0.836. The lowest BCUT2D eigenvalue weighted by Gasteiger charge is -2.45. The fraction of sp³-hybridized carbons (Fsp3) is 1.00. The Morgan fingerprint density at radius 2 is 1.82 bits per heavy atom. The quantitative estimate of drug-likeness (QED) is 0.788. The van der Waals surface area contributed by atoms with Crippen molar-refractivity contribution < 1.29 is 0 Å². The Kier molecular flexibility index (Phi) is 3.42. The van der Waals surface area contributed by atoms with Crippen molar-refractivity contribution in [3.63, 3.8) is 0 Å². The Labute approximate surface area is 105 Å². The van der Waals surface area contributed by atoms with Crippen LogP contribution in [0.3, 0.4) is 0 Å². The van der Waals surface area contributed by atoms with Gasteiger partial charge in [0.15, 0.2) is 0 Å². The van der Waals surface area contributed by atoms with Crippen molar-refractivity contribution in [3.05, 3.63) is 0 Å². The zero-order valence-corrected chi connectivity index (χ0v) is 11.0. The van der Waals surface area contributed by atoms with Gasteiger partial charge in [-0.25, -0.2) is 0 Å². The first-order valence-electron chi connectivity index (χ1n) is 7.51. The first-order chi connectivity index (χ1) is 8.25. The monoisotopic (exact) mass is 237 g/mol. The van der Waals surface area contributed by atoms with E-state index >= 15 is 0 Å². The van der Waals surface area contributed by atoms with E-state index in [9.17, 15) is 0 Å². The maximum Gasteiger partial charge on any atom is 0.0283 e. The van der Waals surface area contributed by atoms with Gasteiger partial charge in [0, 0.05) is 37.8 Å². The van der Waals surface area contributed by atoms with Crippen molar-refractivity contribution in [1.29, 1.82) is 0 Å². The lowest BCUT2D eigenvalue weighted by molar-refractivity contribution is 0.0388. The van der Waals surface area contributed by atoms with E-state index in [-0.39, 0.29) is 5.54 Å². The molecule has 0 aromatic heterocycles. The third-order valence-electron chi connectivity index (χ3n) is 5.06. The van der Waals surface area contributed by atoms with Crippen molar-refractivity contribution in [2.45, 2.75) is 56.5 Å². The molecule has 1 saturated carbocycles. The molecule has 2 saturated heterocycles. The van der Waals surface area contributed by atoms with Gasteiger partial charge in [-0.2, -0.15) is 0 Å². The standard InChI is InChI=1S/C14H27N3/c15-14(6-2-3-7-14)12-16-9-10-17-8-4-1-5-13(17)11-16/h13H,1-12,15H2. The average molecular weight is 237 g/mol. The van der Waals surface area contributed by atoms with E-state index in [2.05, 4.69) is 9.80 Å². The molecule has 2 aliphatic heterocycles. The predicted molar refractivity (Wildman–Crippen MR) is 71.0 cm³/mol. The SMILES string of the molecule is NC1(CN2CCN3CCCCC3C2)CCCC1. The molecule has 2 heterocycles. The maximum atomic E-state index is 6.50. The molecule has 2 N–H and O–H groups in total. The van der Waals surface area contributed by atoms with Gasteiger partial charge >= 0.3 is 0 Å². The highest BCUT2D eigenvalue weighted by Gasteiger charge is 2.35. The van der Waals surface area contributed by atoms with Crippen LogP contribution in [0.1, 0.15) is 44.9 Å². The molecule has 0 amide bonds. The van der Waals surface area contributed by atoms with Gasteiger partial charge in [0.05, 0.1) is 0 Å². The van der Waals surface area contributed by atoms with E-state index < -0.39 is 0 Å². The topological polar surface area (TPSA) is 32.5 Å². The number of nitrogens with zero attached hydrogens (tertiary/aromatic N) is 2. The molecule has 3 nitrogen and oxygen atoms in total. The number of nitrogens with two attached hydrogens (primary N) is 1. The molecule has 3 aliphatic rings. The fourth-order valence-electron chi connectivity index (χ4n) is 4.05. The maximum absolute atomic E-state index is 6.50. The smallest absolute Gasteiger partial charge is 0.0283 e. The second-order valence-electron chi connectivity index (χ2n) is 6.49. The lowest BCUT2D eigenvalue weighted by atomic mass is 9.95. The average Bonchev–Trinajstić information content (AvgIpc) is 2.76. The molecular weight excluding hydrogens is 210 g/mol. The van der Waals surface area contributed by atoms with Gasteiger partial charge in [0.2, 0.25) is 0 Å². The fourth-order valence-corrected chi connectivity index (χ4v) is 4.05. The molecular formula is C14H27N3. The van der Waals surface area contributed by atoms with Crippen LogP contribution in [0.4, 0.5) is 0 Å². The molecule has 98 valence electrons. The largest absolute Gasteiger partial charge is 0.324 e. The minimum atomic E-state index is 0.150. The van der Waals surface area contributed by atoms with Crippen LogP contribution in [0.5, 0.6) is 0 Å². The summed E-state index contributed by atoms with van der Waals surface area (Å²) in [5.41, 5.74) is 6.65. The van der Waals surface area contributed by atoms with Crippen LogP contribution in [0, 0.1) is 0 Å². The molecule has 1 atom stereocenters. The van der Waals surface area contributed by atoms with Crippen molar-refractivity contribution in [3.8, 4) is 0 Å². The van der Waals surface area contributed by atoms with E-state index in [1.807, 2.05) is 0 Å². The third kappa shape index (κ3) is 2.67. The summed E-state index contributed by atoms with van der Waals surface area (Å²) in [5, 5.41) is 0. The zero-order chi connectivity index (χ0) is 11.7. The van der Waals surface area contributed by atoms with Crippen LogP contribution >= 0.6 is 0 Å². The Morgan fingerprint density at radius 3 is 2.65 bits per heavy atom. The predicted octanol–water partition coefficient (Wildman–Crippen LogP) is 1.43. The van der Waals surface area contributed by atoms with Crippen LogP contribution in [-0.4, -0.2) is 54.1 Å². The summed E-state index contributed by atoms with van der Waals surface area (Å²) in [5.74, 6) is 0. The highest BCUT2D eigenvalue weighted by Crippen LogP contribution is 2.29. The molecule has 3 rings (SSSR count). The summed E-state index contributed by atoms with van der Waals surface area (Å²) >= 11 is 0. The van der Waals surface area contributed by atoms with Crippen LogP contribution in [-0.2, 0) is 0 Å². The van der Waals surface area contributed by atoms with Gasteiger partial charge in [-0.05, 0) is 32.2 Å². The van der Waals surface area contributed by atoms with Crippen molar-refractivity contribution in [1.82, 2.24) is 9.80 Å². The van der Waals surface area contributed by atoms with Crippen molar-refractivity contribution >= 4 is 0 Å². The molecule has 3 heteroatoms. The summed E-state index contributed by atoms with van der Waals surface area (Å²) in [7, 11) is 0. The zero-order valence-electron chi connectivity index (χ0n) is 11.0. The van der Waals surface area contributed by atoms with E-state index in [4.69, 9.17) is 5.73 Å². The molecule has 1 unspecified atom stereocenters. The van der Waals surface area contributed by atoms with Gasteiger partial charge in [-0.3, -0.25) is 9.80 Å².